The van der Waals surface area contributed by atoms with E-state index in [2.05, 4.69) is 46.1 Å². The van der Waals surface area contributed by atoms with Crippen molar-refractivity contribution in [1.82, 2.24) is 9.55 Å². The van der Waals surface area contributed by atoms with Crippen LogP contribution in [0.3, 0.4) is 0 Å². The topological polar surface area (TPSA) is 20.7 Å². The first-order valence-corrected chi connectivity index (χ1v) is 8.30. The van der Waals surface area contributed by atoms with Gasteiger partial charge in [-0.05, 0) is 67.0 Å². The first kappa shape index (κ1) is 12.4. The minimum Gasteiger partial charge on any atom is -0.330 e. The maximum atomic E-state index is 5.61. The molecule has 0 saturated heterocycles. The Morgan fingerprint density at radius 3 is 3.15 bits per heavy atom. The van der Waals surface area contributed by atoms with Crippen molar-refractivity contribution in [3.63, 3.8) is 0 Å². The second-order valence-corrected chi connectivity index (χ2v) is 6.86. The zero-order chi connectivity index (χ0) is 13.7. The van der Waals surface area contributed by atoms with Gasteiger partial charge in [0.1, 0.15) is 0 Å². The lowest BCUT2D eigenvalue weighted by molar-refractivity contribution is 0.500. The third kappa shape index (κ3) is 1.71. The summed E-state index contributed by atoms with van der Waals surface area (Å²) < 4.78 is 3.17. The van der Waals surface area contributed by atoms with Crippen molar-refractivity contribution < 1.29 is 0 Å². The van der Waals surface area contributed by atoms with Crippen LogP contribution >= 0.6 is 23.6 Å². The van der Waals surface area contributed by atoms with Crippen LogP contribution in [0.1, 0.15) is 34.9 Å². The number of rotatable bonds is 1. The maximum absolute atomic E-state index is 5.61. The average molecular weight is 300 g/mol. The van der Waals surface area contributed by atoms with E-state index in [1.165, 1.54) is 46.3 Å². The number of thiophene rings is 1. The number of aromatic amines is 1. The highest BCUT2D eigenvalue weighted by molar-refractivity contribution is 7.71. The summed E-state index contributed by atoms with van der Waals surface area (Å²) in [5.41, 5.74) is 5.15. The Kier molecular flexibility index (Phi) is 2.82. The minimum absolute atomic E-state index is 0.396. The van der Waals surface area contributed by atoms with Gasteiger partial charge in [-0.15, -0.1) is 11.3 Å². The largest absolute Gasteiger partial charge is 0.330 e. The molecule has 102 valence electrons. The lowest BCUT2D eigenvalue weighted by atomic mass is 9.93. The smallest absolute Gasteiger partial charge is 0.178 e. The third-order valence-corrected chi connectivity index (χ3v) is 5.59. The van der Waals surface area contributed by atoms with Crippen LogP contribution in [0.2, 0.25) is 0 Å². The van der Waals surface area contributed by atoms with E-state index in [-0.39, 0.29) is 0 Å². The Morgan fingerprint density at radius 2 is 2.25 bits per heavy atom. The predicted molar refractivity (Wildman–Crippen MR) is 87.3 cm³/mol. The van der Waals surface area contributed by atoms with Gasteiger partial charge in [0.05, 0.1) is 17.1 Å². The molecule has 0 fully saturated rings. The molecule has 1 aliphatic rings. The second-order valence-electron chi connectivity index (χ2n) is 5.48. The standard InChI is InChI=1S/C16H16N2S2/c1-10-4-2-6-13-15(10)17-16(19)18(13)12-5-3-7-14-11(12)8-9-20-14/h2,4,6,8-9,12H,3,5,7H2,1H3,(H,17,19). The summed E-state index contributed by atoms with van der Waals surface area (Å²) in [6.07, 6.45) is 3.65. The SMILES string of the molecule is Cc1cccc2c1[nH]c(=S)n2C1CCCc2sccc21. The van der Waals surface area contributed by atoms with Gasteiger partial charge in [-0.1, -0.05) is 12.1 Å². The zero-order valence-corrected chi connectivity index (χ0v) is 13.0. The zero-order valence-electron chi connectivity index (χ0n) is 11.3. The van der Waals surface area contributed by atoms with Crippen LogP contribution in [0.4, 0.5) is 0 Å². The molecule has 1 aliphatic carbocycles. The van der Waals surface area contributed by atoms with Crippen molar-refractivity contribution >= 4 is 34.6 Å². The lowest BCUT2D eigenvalue weighted by Crippen LogP contribution is -2.15. The molecular weight excluding hydrogens is 284 g/mol. The Morgan fingerprint density at radius 1 is 1.35 bits per heavy atom. The minimum atomic E-state index is 0.396. The van der Waals surface area contributed by atoms with E-state index in [4.69, 9.17) is 12.2 Å². The van der Waals surface area contributed by atoms with Gasteiger partial charge < -0.3 is 9.55 Å². The molecule has 2 heterocycles. The van der Waals surface area contributed by atoms with E-state index < -0.39 is 0 Å². The molecule has 2 nitrogen and oxygen atoms in total. The first-order chi connectivity index (χ1) is 9.75. The van der Waals surface area contributed by atoms with E-state index in [9.17, 15) is 0 Å². The summed E-state index contributed by atoms with van der Waals surface area (Å²) in [6.45, 7) is 2.13. The van der Waals surface area contributed by atoms with Gasteiger partial charge in [-0.3, -0.25) is 0 Å². The molecule has 0 aliphatic heterocycles. The van der Waals surface area contributed by atoms with Crippen LogP contribution in [0.15, 0.2) is 29.6 Å². The highest BCUT2D eigenvalue weighted by Gasteiger charge is 2.24. The maximum Gasteiger partial charge on any atom is 0.178 e. The summed E-state index contributed by atoms with van der Waals surface area (Å²) in [5.74, 6) is 0. The van der Waals surface area contributed by atoms with Crippen molar-refractivity contribution in [2.24, 2.45) is 0 Å². The molecule has 0 bridgehead atoms. The highest BCUT2D eigenvalue weighted by atomic mass is 32.1. The molecular formula is C16H16N2S2. The quantitative estimate of drug-likeness (QED) is 0.628. The molecule has 20 heavy (non-hydrogen) atoms. The summed E-state index contributed by atoms with van der Waals surface area (Å²) in [6, 6.07) is 9.10. The molecule has 0 spiro atoms. The molecule has 1 atom stereocenters. The van der Waals surface area contributed by atoms with E-state index in [1.807, 2.05) is 11.3 Å². The van der Waals surface area contributed by atoms with Gasteiger partial charge >= 0.3 is 0 Å². The number of para-hydroxylation sites is 1. The molecule has 1 N–H and O–H groups in total. The van der Waals surface area contributed by atoms with E-state index >= 15 is 0 Å². The molecule has 0 radical (unpaired) electrons. The Bertz CT molecular complexity index is 838. The summed E-state index contributed by atoms with van der Waals surface area (Å²) in [4.78, 5) is 4.93. The Labute approximate surface area is 127 Å². The summed E-state index contributed by atoms with van der Waals surface area (Å²) in [5, 5.41) is 2.21. The van der Waals surface area contributed by atoms with Crippen molar-refractivity contribution in [2.75, 3.05) is 0 Å². The number of hydrogen-bond donors (Lipinski definition) is 1. The number of fused-ring (bicyclic) bond motifs is 2. The third-order valence-electron chi connectivity index (χ3n) is 4.29. The number of benzene rings is 1. The van der Waals surface area contributed by atoms with Crippen molar-refractivity contribution in [2.45, 2.75) is 32.2 Å². The molecule has 1 unspecified atom stereocenters. The van der Waals surface area contributed by atoms with Gasteiger partial charge in [-0.2, -0.15) is 0 Å². The first-order valence-electron chi connectivity index (χ1n) is 7.02. The van der Waals surface area contributed by atoms with Gasteiger partial charge in [0, 0.05) is 4.88 Å². The molecule has 4 rings (SSSR count). The number of aromatic nitrogens is 2. The number of imidazole rings is 1. The fraction of sp³-hybridized carbons (Fsp3) is 0.312. The molecule has 4 heteroatoms. The van der Waals surface area contributed by atoms with Crippen LogP contribution in [0.25, 0.3) is 11.0 Å². The normalized spacial score (nSPS) is 18.4. The summed E-state index contributed by atoms with van der Waals surface area (Å²) in [7, 11) is 0. The molecule has 1 aromatic carbocycles. The van der Waals surface area contributed by atoms with Crippen LogP contribution in [0, 0.1) is 11.7 Å². The number of H-pyrrole nitrogens is 1. The summed E-state index contributed by atoms with van der Waals surface area (Å²) >= 11 is 7.49. The molecule has 0 saturated carbocycles. The number of nitrogens with one attached hydrogen (secondary N) is 1. The van der Waals surface area contributed by atoms with E-state index in [0.717, 1.165) is 4.77 Å². The molecule has 3 aromatic rings. The number of nitrogens with zero attached hydrogens (tertiary/aromatic N) is 1. The fourth-order valence-corrected chi connectivity index (χ4v) is 4.64. The molecule has 0 amide bonds. The second kappa shape index (κ2) is 4.57. The van der Waals surface area contributed by atoms with Gasteiger partial charge in [0.15, 0.2) is 4.77 Å². The highest BCUT2D eigenvalue weighted by Crippen LogP contribution is 2.38. The number of hydrogen-bond acceptors (Lipinski definition) is 2. The van der Waals surface area contributed by atoms with E-state index in [1.54, 1.807) is 0 Å². The van der Waals surface area contributed by atoms with Crippen LogP contribution in [0.5, 0.6) is 0 Å². The van der Waals surface area contributed by atoms with Crippen molar-refractivity contribution in [3.05, 3.63) is 50.4 Å². The average Bonchev–Trinajstić information content (AvgIpc) is 3.03. The van der Waals surface area contributed by atoms with Crippen LogP contribution < -0.4 is 0 Å². The van der Waals surface area contributed by atoms with E-state index in [0.29, 0.717) is 6.04 Å². The Hall–Kier alpha value is -1.39. The van der Waals surface area contributed by atoms with Crippen LogP contribution in [-0.2, 0) is 6.42 Å². The van der Waals surface area contributed by atoms with Gasteiger partial charge in [-0.25, -0.2) is 0 Å². The molecule has 2 aromatic heterocycles. The van der Waals surface area contributed by atoms with Crippen LogP contribution in [-0.4, -0.2) is 9.55 Å². The van der Waals surface area contributed by atoms with Gasteiger partial charge in [0.25, 0.3) is 0 Å². The predicted octanol–water partition coefficient (Wildman–Crippen LogP) is 4.99. The van der Waals surface area contributed by atoms with Crippen molar-refractivity contribution in [1.29, 1.82) is 0 Å². The Balaban J connectivity index is 1.99. The number of aryl methyl sites for hydroxylation is 2. The monoisotopic (exact) mass is 300 g/mol. The van der Waals surface area contributed by atoms with Crippen molar-refractivity contribution in [3.8, 4) is 0 Å². The van der Waals surface area contributed by atoms with Gasteiger partial charge in [0.2, 0.25) is 0 Å². The lowest BCUT2D eigenvalue weighted by Gasteiger charge is -2.24. The fourth-order valence-electron chi connectivity index (χ4n) is 3.33.